The van der Waals surface area contributed by atoms with Gasteiger partial charge in [0.1, 0.15) is 13.2 Å². The summed E-state index contributed by atoms with van der Waals surface area (Å²) in [6.07, 6.45) is 3.14. The fraction of sp³-hybridized carbons (Fsp3) is 0.250. The van der Waals surface area contributed by atoms with Crippen LogP contribution in [0.5, 0.6) is 11.5 Å². The summed E-state index contributed by atoms with van der Waals surface area (Å²) < 4.78 is 15.9. The number of methoxy groups -OCH3 is 1. The van der Waals surface area contributed by atoms with Gasteiger partial charge in [-0.15, -0.1) is 0 Å². The molecule has 8 nitrogen and oxygen atoms in total. The number of benzene rings is 2. The Bertz CT molecular complexity index is 879. The Morgan fingerprint density at radius 2 is 1.96 bits per heavy atom. The number of nitro groups is 1. The van der Waals surface area contributed by atoms with Crippen molar-refractivity contribution in [2.24, 2.45) is 0 Å². The number of hydrogen-bond acceptors (Lipinski definition) is 6. The second-order valence-electron chi connectivity index (χ2n) is 5.78. The number of amides is 1. The lowest BCUT2D eigenvalue weighted by Gasteiger charge is -2.12. The van der Waals surface area contributed by atoms with Gasteiger partial charge in [-0.3, -0.25) is 15.4 Å². The van der Waals surface area contributed by atoms with Crippen molar-refractivity contribution in [3.8, 4) is 11.5 Å². The standard InChI is InChI=1S/C20H22N2O6/c1-4-5-15-7-9-18(19(12-15)26-3)27-10-11-28-20(23)21-16-8-6-14(2)17(13-16)22(24)25/h4-9,12-13H,10-11H2,1-3H3,(H,21,23)/b5-4-. The van der Waals surface area contributed by atoms with E-state index in [1.54, 1.807) is 32.2 Å². The number of aryl methyl sites for hydroxylation is 1. The number of allylic oxidation sites excluding steroid dienone is 1. The Balaban J connectivity index is 1.85. The summed E-state index contributed by atoms with van der Waals surface area (Å²) in [5, 5.41) is 13.4. The number of anilines is 1. The number of carbonyl (C=O) groups is 1. The maximum atomic E-state index is 11.8. The van der Waals surface area contributed by atoms with Crippen molar-refractivity contribution in [2.75, 3.05) is 25.6 Å². The predicted octanol–water partition coefficient (Wildman–Crippen LogP) is 4.57. The quantitative estimate of drug-likeness (QED) is 0.405. The molecule has 2 aromatic rings. The minimum Gasteiger partial charge on any atom is -0.493 e. The lowest BCUT2D eigenvalue weighted by molar-refractivity contribution is -0.385. The van der Waals surface area contributed by atoms with Gasteiger partial charge in [0.15, 0.2) is 11.5 Å². The van der Waals surface area contributed by atoms with Crippen molar-refractivity contribution in [3.63, 3.8) is 0 Å². The summed E-state index contributed by atoms with van der Waals surface area (Å²) in [4.78, 5) is 22.3. The lowest BCUT2D eigenvalue weighted by Crippen LogP contribution is -2.17. The van der Waals surface area contributed by atoms with Gasteiger partial charge in [-0.1, -0.05) is 24.3 Å². The van der Waals surface area contributed by atoms with Crippen LogP contribution in [0.15, 0.2) is 42.5 Å². The zero-order valence-electron chi connectivity index (χ0n) is 15.9. The van der Waals surface area contributed by atoms with E-state index in [0.29, 0.717) is 17.1 Å². The average Bonchev–Trinajstić information content (AvgIpc) is 2.67. The maximum Gasteiger partial charge on any atom is 0.411 e. The van der Waals surface area contributed by atoms with Gasteiger partial charge in [-0.25, -0.2) is 4.79 Å². The van der Waals surface area contributed by atoms with E-state index in [4.69, 9.17) is 14.2 Å². The molecule has 1 amide bonds. The van der Waals surface area contributed by atoms with Crippen molar-refractivity contribution in [2.45, 2.75) is 13.8 Å². The molecular weight excluding hydrogens is 364 g/mol. The Morgan fingerprint density at radius 3 is 2.64 bits per heavy atom. The van der Waals surface area contributed by atoms with Crippen LogP contribution in [0.4, 0.5) is 16.2 Å². The summed E-state index contributed by atoms with van der Waals surface area (Å²) in [7, 11) is 1.55. The molecule has 0 atom stereocenters. The van der Waals surface area contributed by atoms with Crippen LogP contribution in [0.25, 0.3) is 6.08 Å². The topological polar surface area (TPSA) is 99.9 Å². The van der Waals surface area contributed by atoms with E-state index in [9.17, 15) is 14.9 Å². The molecule has 8 heteroatoms. The highest BCUT2D eigenvalue weighted by Gasteiger charge is 2.13. The summed E-state index contributed by atoms with van der Waals surface area (Å²) in [6, 6.07) is 9.91. The van der Waals surface area contributed by atoms with E-state index in [-0.39, 0.29) is 24.6 Å². The van der Waals surface area contributed by atoms with Crippen LogP contribution in [-0.2, 0) is 4.74 Å². The number of nitrogens with one attached hydrogen (secondary N) is 1. The molecular formula is C20H22N2O6. The minimum absolute atomic E-state index is 0.000440. The first-order chi connectivity index (χ1) is 13.4. The van der Waals surface area contributed by atoms with Crippen LogP contribution in [0.1, 0.15) is 18.1 Å². The fourth-order valence-electron chi connectivity index (χ4n) is 2.42. The summed E-state index contributed by atoms with van der Waals surface area (Å²) in [5.74, 6) is 1.11. The second-order valence-corrected chi connectivity index (χ2v) is 5.78. The van der Waals surface area contributed by atoms with Crippen LogP contribution in [-0.4, -0.2) is 31.3 Å². The Morgan fingerprint density at radius 1 is 1.18 bits per heavy atom. The van der Waals surface area contributed by atoms with Crippen LogP contribution in [0.2, 0.25) is 0 Å². The first-order valence-corrected chi connectivity index (χ1v) is 8.57. The first kappa shape index (κ1) is 20.8. The third-order valence-corrected chi connectivity index (χ3v) is 3.77. The molecule has 0 aliphatic rings. The monoisotopic (exact) mass is 386 g/mol. The molecule has 0 aliphatic heterocycles. The van der Waals surface area contributed by atoms with Gasteiger partial charge in [0.05, 0.1) is 17.7 Å². The normalized spacial score (nSPS) is 10.5. The van der Waals surface area contributed by atoms with Crippen molar-refractivity contribution in [3.05, 3.63) is 63.7 Å². The largest absolute Gasteiger partial charge is 0.493 e. The molecule has 0 spiro atoms. The molecule has 148 valence electrons. The highest BCUT2D eigenvalue weighted by atomic mass is 16.6. The van der Waals surface area contributed by atoms with Gasteiger partial charge in [-0.05, 0) is 37.6 Å². The molecule has 1 N–H and O–H groups in total. The first-order valence-electron chi connectivity index (χ1n) is 8.57. The van der Waals surface area contributed by atoms with E-state index in [1.807, 2.05) is 31.2 Å². The van der Waals surface area contributed by atoms with E-state index >= 15 is 0 Å². The smallest absolute Gasteiger partial charge is 0.411 e. The fourth-order valence-corrected chi connectivity index (χ4v) is 2.42. The van der Waals surface area contributed by atoms with E-state index in [2.05, 4.69) is 5.32 Å². The Kier molecular flexibility index (Phi) is 7.38. The van der Waals surface area contributed by atoms with E-state index in [0.717, 1.165) is 5.56 Å². The van der Waals surface area contributed by atoms with Crippen LogP contribution < -0.4 is 14.8 Å². The SMILES string of the molecule is C/C=C\c1ccc(OCCOC(=O)Nc2ccc(C)c([N+](=O)[O-])c2)c(OC)c1. The maximum absolute atomic E-state index is 11.8. The van der Waals surface area contributed by atoms with Crippen molar-refractivity contribution in [1.29, 1.82) is 0 Å². The molecule has 0 bridgehead atoms. The number of nitrogens with zero attached hydrogens (tertiary/aromatic N) is 1. The average molecular weight is 386 g/mol. The van der Waals surface area contributed by atoms with Crippen LogP contribution >= 0.6 is 0 Å². The number of nitro benzene ring substituents is 1. The molecule has 0 radical (unpaired) electrons. The van der Waals surface area contributed by atoms with Gasteiger partial charge < -0.3 is 14.2 Å². The summed E-state index contributed by atoms with van der Waals surface area (Å²) in [5.41, 5.74) is 1.69. The van der Waals surface area contributed by atoms with Gasteiger partial charge >= 0.3 is 6.09 Å². The molecule has 0 fully saturated rings. The molecule has 0 aliphatic carbocycles. The highest BCUT2D eigenvalue weighted by molar-refractivity contribution is 5.85. The number of hydrogen-bond donors (Lipinski definition) is 1. The van der Waals surface area contributed by atoms with Crippen LogP contribution in [0.3, 0.4) is 0 Å². The third-order valence-electron chi connectivity index (χ3n) is 3.77. The predicted molar refractivity (Wildman–Crippen MR) is 106 cm³/mol. The van der Waals surface area contributed by atoms with E-state index in [1.165, 1.54) is 6.07 Å². The molecule has 0 aromatic heterocycles. The lowest BCUT2D eigenvalue weighted by atomic mass is 10.2. The zero-order chi connectivity index (χ0) is 20.5. The second kappa shape index (κ2) is 9.96. The highest BCUT2D eigenvalue weighted by Crippen LogP contribution is 2.28. The molecule has 0 saturated heterocycles. The summed E-state index contributed by atoms with van der Waals surface area (Å²) in [6.45, 7) is 3.67. The minimum atomic E-state index is -0.725. The molecule has 0 saturated carbocycles. The number of carbonyl (C=O) groups excluding carboxylic acids is 1. The van der Waals surface area contributed by atoms with E-state index < -0.39 is 11.0 Å². The Labute approximate surface area is 162 Å². The zero-order valence-corrected chi connectivity index (χ0v) is 15.9. The van der Waals surface area contributed by atoms with Gasteiger partial charge in [0.25, 0.3) is 5.69 Å². The van der Waals surface area contributed by atoms with Gasteiger partial charge in [-0.2, -0.15) is 0 Å². The van der Waals surface area contributed by atoms with Crippen LogP contribution in [0, 0.1) is 17.0 Å². The number of rotatable bonds is 8. The molecule has 2 aromatic carbocycles. The molecule has 2 rings (SSSR count). The molecule has 0 heterocycles. The molecule has 0 unspecified atom stereocenters. The van der Waals surface area contributed by atoms with Crippen molar-refractivity contribution >= 4 is 23.5 Å². The summed E-state index contributed by atoms with van der Waals surface area (Å²) >= 11 is 0. The van der Waals surface area contributed by atoms with Gasteiger partial charge in [0.2, 0.25) is 0 Å². The molecule has 28 heavy (non-hydrogen) atoms. The third kappa shape index (κ3) is 5.73. The Hall–Kier alpha value is -3.55. The number of ether oxygens (including phenoxy) is 3. The van der Waals surface area contributed by atoms with Gasteiger partial charge in [0, 0.05) is 11.6 Å². The van der Waals surface area contributed by atoms with Crippen molar-refractivity contribution in [1.82, 2.24) is 0 Å². The van der Waals surface area contributed by atoms with Crippen molar-refractivity contribution < 1.29 is 23.9 Å².